The van der Waals surface area contributed by atoms with E-state index >= 15 is 0 Å². The SMILES string of the molecule is CCc1ccc([C@H](C)NC(=O)Cn2c(-c3cccs3)n[nH]c2=S)cc1. The first-order valence-electron chi connectivity index (χ1n) is 8.15. The summed E-state index contributed by atoms with van der Waals surface area (Å²) >= 11 is 6.83. The van der Waals surface area contributed by atoms with Crippen LogP contribution < -0.4 is 5.32 Å². The van der Waals surface area contributed by atoms with Gasteiger partial charge in [-0.05, 0) is 48.1 Å². The molecule has 0 aliphatic rings. The van der Waals surface area contributed by atoms with Gasteiger partial charge in [0.2, 0.25) is 5.91 Å². The van der Waals surface area contributed by atoms with E-state index in [1.807, 2.05) is 24.4 Å². The van der Waals surface area contributed by atoms with Gasteiger partial charge in [-0.1, -0.05) is 37.3 Å². The second-order valence-electron chi connectivity index (χ2n) is 5.80. The molecule has 0 saturated carbocycles. The molecule has 0 aliphatic heterocycles. The monoisotopic (exact) mass is 372 g/mol. The third-order valence-electron chi connectivity index (χ3n) is 4.07. The number of carbonyl (C=O) groups excluding carboxylic acids is 1. The summed E-state index contributed by atoms with van der Waals surface area (Å²) in [5, 5.41) is 12.0. The standard InChI is InChI=1S/C18H20N4OS2/c1-3-13-6-8-14(9-7-13)12(2)19-16(23)11-22-17(20-21-18(22)24)15-5-4-10-25-15/h4-10,12H,3,11H2,1-2H3,(H,19,23)(H,21,24)/t12-/m0/s1. The molecule has 5 nitrogen and oxygen atoms in total. The van der Waals surface area contributed by atoms with Gasteiger partial charge in [0.1, 0.15) is 6.54 Å². The highest BCUT2D eigenvalue weighted by molar-refractivity contribution is 7.71. The number of amides is 1. The van der Waals surface area contributed by atoms with Gasteiger partial charge < -0.3 is 5.32 Å². The number of nitrogens with zero attached hydrogens (tertiary/aromatic N) is 2. The third kappa shape index (κ3) is 4.05. The van der Waals surface area contributed by atoms with Crippen molar-refractivity contribution in [2.45, 2.75) is 32.9 Å². The Morgan fingerprint density at radius 1 is 1.36 bits per heavy atom. The van der Waals surface area contributed by atoms with Crippen LogP contribution in [-0.2, 0) is 17.8 Å². The topological polar surface area (TPSA) is 62.7 Å². The number of nitrogens with one attached hydrogen (secondary N) is 2. The molecule has 0 spiro atoms. The van der Waals surface area contributed by atoms with Crippen LogP contribution in [0.3, 0.4) is 0 Å². The molecule has 0 saturated heterocycles. The lowest BCUT2D eigenvalue weighted by atomic mass is 10.1. The minimum Gasteiger partial charge on any atom is -0.348 e. The normalized spacial score (nSPS) is 12.1. The van der Waals surface area contributed by atoms with Crippen molar-refractivity contribution in [2.75, 3.05) is 0 Å². The molecule has 2 N–H and O–H groups in total. The maximum atomic E-state index is 12.5. The van der Waals surface area contributed by atoms with Crippen molar-refractivity contribution in [2.24, 2.45) is 0 Å². The minimum atomic E-state index is -0.0950. The Hall–Kier alpha value is -2.25. The molecule has 1 amide bonds. The van der Waals surface area contributed by atoms with E-state index in [0.29, 0.717) is 10.6 Å². The highest BCUT2D eigenvalue weighted by atomic mass is 32.1. The molecule has 25 heavy (non-hydrogen) atoms. The Morgan fingerprint density at radius 3 is 2.76 bits per heavy atom. The molecular formula is C18H20N4OS2. The largest absolute Gasteiger partial charge is 0.348 e. The molecule has 0 radical (unpaired) electrons. The number of thiophene rings is 1. The van der Waals surface area contributed by atoms with Crippen molar-refractivity contribution in [1.82, 2.24) is 20.1 Å². The predicted octanol–water partition coefficient (Wildman–Crippen LogP) is 4.11. The van der Waals surface area contributed by atoms with Crippen molar-refractivity contribution >= 4 is 29.5 Å². The van der Waals surface area contributed by atoms with Gasteiger partial charge in [0, 0.05) is 0 Å². The van der Waals surface area contributed by atoms with Gasteiger partial charge in [-0.2, -0.15) is 5.10 Å². The summed E-state index contributed by atoms with van der Waals surface area (Å²) in [4.78, 5) is 13.5. The number of aryl methyl sites for hydroxylation is 1. The van der Waals surface area contributed by atoms with Crippen LogP contribution in [-0.4, -0.2) is 20.7 Å². The van der Waals surface area contributed by atoms with E-state index in [4.69, 9.17) is 12.2 Å². The molecule has 0 fully saturated rings. The predicted molar refractivity (Wildman–Crippen MR) is 103 cm³/mol. The number of H-pyrrole nitrogens is 1. The summed E-state index contributed by atoms with van der Waals surface area (Å²) in [5.74, 6) is 0.595. The molecule has 3 aromatic rings. The van der Waals surface area contributed by atoms with Crippen LogP contribution in [0.15, 0.2) is 41.8 Å². The lowest BCUT2D eigenvalue weighted by molar-refractivity contribution is -0.122. The summed E-state index contributed by atoms with van der Waals surface area (Å²) in [6, 6.07) is 12.2. The first-order valence-corrected chi connectivity index (χ1v) is 9.44. The maximum Gasteiger partial charge on any atom is 0.240 e. The van der Waals surface area contributed by atoms with Crippen molar-refractivity contribution in [3.63, 3.8) is 0 Å². The van der Waals surface area contributed by atoms with Crippen LogP contribution >= 0.6 is 23.6 Å². The van der Waals surface area contributed by atoms with E-state index in [-0.39, 0.29) is 18.5 Å². The smallest absolute Gasteiger partial charge is 0.240 e. The van der Waals surface area contributed by atoms with Crippen molar-refractivity contribution < 1.29 is 4.79 Å². The van der Waals surface area contributed by atoms with Crippen LogP contribution in [0, 0.1) is 4.77 Å². The number of rotatable bonds is 6. The van der Waals surface area contributed by atoms with E-state index < -0.39 is 0 Å². The highest BCUT2D eigenvalue weighted by Crippen LogP contribution is 2.22. The summed E-state index contributed by atoms with van der Waals surface area (Å²) < 4.78 is 2.17. The number of aromatic nitrogens is 3. The molecule has 3 rings (SSSR count). The maximum absolute atomic E-state index is 12.5. The van der Waals surface area contributed by atoms with E-state index in [1.54, 1.807) is 15.9 Å². The zero-order valence-electron chi connectivity index (χ0n) is 14.2. The van der Waals surface area contributed by atoms with Crippen molar-refractivity contribution in [1.29, 1.82) is 0 Å². The highest BCUT2D eigenvalue weighted by Gasteiger charge is 2.15. The fraction of sp³-hybridized carbons (Fsp3) is 0.278. The first kappa shape index (κ1) is 17.6. The molecule has 1 atom stereocenters. The van der Waals surface area contributed by atoms with E-state index in [2.05, 4.69) is 46.7 Å². The Bertz CT molecular complexity index is 894. The lowest BCUT2D eigenvalue weighted by Crippen LogP contribution is -2.30. The van der Waals surface area contributed by atoms with Crippen LogP contribution in [0.1, 0.15) is 31.0 Å². The second-order valence-corrected chi connectivity index (χ2v) is 7.13. The number of benzene rings is 1. The van der Waals surface area contributed by atoms with E-state index in [9.17, 15) is 4.79 Å². The summed E-state index contributed by atoms with van der Waals surface area (Å²) in [7, 11) is 0. The summed E-state index contributed by atoms with van der Waals surface area (Å²) in [6.45, 7) is 4.24. The van der Waals surface area contributed by atoms with Gasteiger partial charge in [-0.25, -0.2) is 0 Å². The zero-order chi connectivity index (χ0) is 17.8. The Kier molecular flexibility index (Phi) is 5.45. The number of carbonyl (C=O) groups is 1. The van der Waals surface area contributed by atoms with Gasteiger partial charge in [0.05, 0.1) is 10.9 Å². The molecule has 1 aromatic carbocycles. The molecule has 0 aliphatic carbocycles. The fourth-order valence-electron chi connectivity index (χ4n) is 2.61. The Labute approximate surface area is 155 Å². The Morgan fingerprint density at radius 2 is 2.12 bits per heavy atom. The fourth-order valence-corrected chi connectivity index (χ4v) is 3.53. The van der Waals surface area contributed by atoms with Crippen LogP contribution in [0.25, 0.3) is 10.7 Å². The molecule has 2 aromatic heterocycles. The van der Waals surface area contributed by atoms with Gasteiger partial charge >= 0.3 is 0 Å². The Balaban J connectivity index is 1.70. The lowest BCUT2D eigenvalue weighted by Gasteiger charge is -2.15. The van der Waals surface area contributed by atoms with Crippen LogP contribution in [0.4, 0.5) is 0 Å². The van der Waals surface area contributed by atoms with E-state index in [0.717, 1.165) is 16.9 Å². The quantitative estimate of drug-likeness (QED) is 0.640. The molecule has 2 heterocycles. The summed E-state index contributed by atoms with van der Waals surface area (Å²) in [6.07, 6.45) is 1.01. The average molecular weight is 373 g/mol. The van der Waals surface area contributed by atoms with Crippen molar-refractivity contribution in [3.8, 4) is 10.7 Å². The van der Waals surface area contributed by atoms with Gasteiger partial charge in [-0.15, -0.1) is 11.3 Å². The third-order valence-corrected chi connectivity index (χ3v) is 5.24. The molecule has 0 bridgehead atoms. The average Bonchev–Trinajstić information content (AvgIpc) is 3.25. The number of hydrogen-bond donors (Lipinski definition) is 2. The number of aromatic amines is 1. The molecule has 0 unspecified atom stereocenters. The minimum absolute atomic E-state index is 0.0651. The van der Waals surface area contributed by atoms with Crippen LogP contribution in [0.5, 0.6) is 0 Å². The van der Waals surface area contributed by atoms with Crippen LogP contribution in [0.2, 0.25) is 0 Å². The van der Waals surface area contributed by atoms with Gasteiger partial charge in [0.25, 0.3) is 0 Å². The molecule has 130 valence electrons. The zero-order valence-corrected chi connectivity index (χ0v) is 15.8. The van der Waals surface area contributed by atoms with Gasteiger partial charge in [0.15, 0.2) is 10.6 Å². The van der Waals surface area contributed by atoms with E-state index in [1.165, 1.54) is 5.56 Å². The summed E-state index contributed by atoms with van der Waals surface area (Å²) in [5.41, 5.74) is 2.37. The molecule has 7 heteroatoms. The first-order chi connectivity index (χ1) is 12.1. The second kappa shape index (κ2) is 7.76. The number of hydrogen-bond acceptors (Lipinski definition) is 4. The van der Waals surface area contributed by atoms with Crippen molar-refractivity contribution in [3.05, 3.63) is 57.7 Å². The van der Waals surface area contributed by atoms with Gasteiger partial charge in [-0.3, -0.25) is 14.5 Å². The molecular weight excluding hydrogens is 352 g/mol.